The van der Waals surface area contributed by atoms with E-state index in [4.69, 9.17) is 4.42 Å². The number of aromatic nitrogens is 1. The van der Waals surface area contributed by atoms with Crippen LogP contribution < -0.4 is 0 Å². The molecule has 2 heterocycles. The average molecular weight is 359 g/mol. The van der Waals surface area contributed by atoms with Crippen LogP contribution in [-0.4, -0.2) is 4.98 Å². The summed E-state index contributed by atoms with van der Waals surface area (Å²) in [6, 6.07) is 16.8. The number of hydrogen-bond acceptors (Lipinski definition) is 2. The van der Waals surface area contributed by atoms with Crippen molar-refractivity contribution in [1.29, 1.82) is 0 Å². The Kier molecular flexibility index (Phi) is 4.11. The second kappa shape index (κ2) is 6.34. The van der Waals surface area contributed by atoms with Crippen molar-refractivity contribution in [3.63, 3.8) is 0 Å². The lowest BCUT2D eigenvalue weighted by Gasteiger charge is -2.20. The third-order valence-corrected chi connectivity index (χ3v) is 4.77. The Morgan fingerprint density at radius 2 is 1.63 bits per heavy atom. The van der Waals surface area contributed by atoms with Gasteiger partial charge in [0.25, 0.3) is 0 Å². The molecule has 0 spiro atoms. The largest absolute Gasteiger partial charge is 0.456 e. The lowest BCUT2D eigenvalue weighted by molar-refractivity contribution is 0.590. The molecule has 0 radical (unpaired) electrons. The van der Waals surface area contributed by atoms with Gasteiger partial charge in [-0.05, 0) is 60.4 Å². The molecule has 2 nitrogen and oxygen atoms in total. The van der Waals surface area contributed by atoms with Gasteiger partial charge in [-0.2, -0.15) is 0 Å². The lowest BCUT2D eigenvalue weighted by atomic mass is 9.85. The Morgan fingerprint density at radius 1 is 0.889 bits per heavy atom. The Balaban J connectivity index is 1.78. The minimum atomic E-state index is -0.257. The summed E-state index contributed by atoms with van der Waals surface area (Å²) < 4.78 is 19.2. The Hall–Kier alpha value is -2.94. The molecule has 4 aromatic rings. The van der Waals surface area contributed by atoms with Gasteiger partial charge in [0.1, 0.15) is 17.2 Å². The summed E-state index contributed by atoms with van der Waals surface area (Å²) in [7, 11) is 0. The van der Waals surface area contributed by atoms with Gasteiger partial charge in [-0.25, -0.2) is 4.39 Å². The van der Waals surface area contributed by atoms with Crippen LogP contribution in [0.2, 0.25) is 0 Å². The molecule has 27 heavy (non-hydrogen) atoms. The van der Waals surface area contributed by atoms with E-state index in [0.29, 0.717) is 5.76 Å². The van der Waals surface area contributed by atoms with Crippen molar-refractivity contribution in [3.8, 4) is 22.6 Å². The van der Waals surface area contributed by atoms with E-state index in [1.54, 1.807) is 12.1 Å². The molecular weight excluding hydrogens is 337 g/mol. The number of benzene rings is 2. The molecule has 0 saturated carbocycles. The normalized spacial score (nSPS) is 11.9. The molecule has 0 unspecified atom stereocenters. The summed E-state index contributed by atoms with van der Waals surface area (Å²) in [6.07, 6.45) is 1.83. The number of furan rings is 1. The summed E-state index contributed by atoms with van der Waals surface area (Å²) >= 11 is 0. The van der Waals surface area contributed by atoms with Crippen LogP contribution in [0.1, 0.15) is 31.9 Å². The second-order valence-corrected chi connectivity index (χ2v) is 8.06. The molecule has 0 aliphatic rings. The summed E-state index contributed by atoms with van der Waals surface area (Å²) in [5, 5.41) is 0.932. The van der Waals surface area contributed by atoms with Crippen LogP contribution in [0, 0.1) is 12.7 Å². The molecule has 0 fully saturated rings. The third-order valence-electron chi connectivity index (χ3n) is 4.77. The average Bonchev–Trinajstić information content (AvgIpc) is 3.04. The molecule has 0 amide bonds. The van der Waals surface area contributed by atoms with Crippen molar-refractivity contribution in [2.24, 2.45) is 0 Å². The quantitative estimate of drug-likeness (QED) is 0.389. The SMILES string of the molecule is Cc1cc(-c2cc3oc(-c4ccc(F)cc4)cc3cn2)cc(C(C)(C)C)c1. The van der Waals surface area contributed by atoms with Gasteiger partial charge in [0.15, 0.2) is 0 Å². The topological polar surface area (TPSA) is 26.0 Å². The van der Waals surface area contributed by atoms with E-state index < -0.39 is 0 Å². The van der Waals surface area contributed by atoms with Crippen molar-refractivity contribution in [3.05, 3.63) is 77.7 Å². The van der Waals surface area contributed by atoms with E-state index in [-0.39, 0.29) is 11.2 Å². The predicted molar refractivity (Wildman–Crippen MR) is 108 cm³/mol. The summed E-state index contributed by atoms with van der Waals surface area (Å²) in [6.45, 7) is 8.74. The molecule has 2 aromatic heterocycles. The highest BCUT2D eigenvalue weighted by atomic mass is 19.1. The van der Waals surface area contributed by atoms with E-state index in [0.717, 1.165) is 27.8 Å². The van der Waals surface area contributed by atoms with Gasteiger partial charge < -0.3 is 4.42 Å². The molecule has 0 aliphatic heterocycles. The van der Waals surface area contributed by atoms with E-state index in [1.165, 1.54) is 23.3 Å². The smallest absolute Gasteiger partial charge is 0.138 e. The zero-order valence-corrected chi connectivity index (χ0v) is 16.0. The van der Waals surface area contributed by atoms with E-state index in [2.05, 4.69) is 50.9 Å². The highest BCUT2D eigenvalue weighted by Crippen LogP contribution is 2.32. The van der Waals surface area contributed by atoms with Crippen LogP contribution in [0.4, 0.5) is 4.39 Å². The van der Waals surface area contributed by atoms with Crippen LogP contribution in [0.25, 0.3) is 33.6 Å². The molecule has 2 aromatic carbocycles. The maximum Gasteiger partial charge on any atom is 0.138 e. The number of fused-ring (bicyclic) bond motifs is 1. The van der Waals surface area contributed by atoms with Gasteiger partial charge in [-0.3, -0.25) is 4.98 Å². The maximum atomic E-state index is 13.2. The molecule has 0 bridgehead atoms. The summed E-state index contributed by atoms with van der Waals surface area (Å²) in [4.78, 5) is 4.64. The van der Waals surface area contributed by atoms with Crippen LogP contribution in [0.5, 0.6) is 0 Å². The number of pyridine rings is 1. The molecular formula is C24H22FNO. The highest BCUT2D eigenvalue weighted by molar-refractivity contribution is 5.85. The molecule has 0 N–H and O–H groups in total. The fourth-order valence-electron chi connectivity index (χ4n) is 3.21. The fourth-order valence-corrected chi connectivity index (χ4v) is 3.21. The van der Waals surface area contributed by atoms with Crippen molar-refractivity contribution in [2.45, 2.75) is 33.1 Å². The van der Waals surface area contributed by atoms with E-state index in [9.17, 15) is 4.39 Å². The number of rotatable bonds is 2. The van der Waals surface area contributed by atoms with Gasteiger partial charge in [0.2, 0.25) is 0 Å². The van der Waals surface area contributed by atoms with Gasteiger partial charge >= 0.3 is 0 Å². The van der Waals surface area contributed by atoms with E-state index >= 15 is 0 Å². The van der Waals surface area contributed by atoms with Crippen LogP contribution in [0.15, 0.2) is 65.2 Å². The number of nitrogens with zero attached hydrogens (tertiary/aromatic N) is 1. The first kappa shape index (κ1) is 17.5. The van der Waals surface area contributed by atoms with Crippen LogP contribution in [0.3, 0.4) is 0 Å². The Morgan fingerprint density at radius 3 is 2.33 bits per heavy atom. The van der Waals surface area contributed by atoms with Crippen LogP contribution >= 0.6 is 0 Å². The fraction of sp³-hybridized carbons (Fsp3) is 0.208. The molecule has 136 valence electrons. The number of halogens is 1. The first-order valence-electron chi connectivity index (χ1n) is 9.08. The van der Waals surface area contributed by atoms with Crippen molar-refractivity contribution >= 4 is 11.0 Å². The lowest BCUT2D eigenvalue weighted by Crippen LogP contribution is -2.11. The number of hydrogen-bond donors (Lipinski definition) is 0. The third kappa shape index (κ3) is 3.50. The minimum Gasteiger partial charge on any atom is -0.456 e. The van der Waals surface area contributed by atoms with Crippen molar-refractivity contribution in [2.75, 3.05) is 0 Å². The first-order valence-corrected chi connectivity index (χ1v) is 9.08. The maximum absolute atomic E-state index is 13.2. The monoisotopic (exact) mass is 359 g/mol. The van der Waals surface area contributed by atoms with Crippen LogP contribution in [-0.2, 0) is 5.41 Å². The van der Waals surface area contributed by atoms with E-state index in [1.807, 2.05) is 18.3 Å². The summed E-state index contributed by atoms with van der Waals surface area (Å²) in [5.74, 6) is 0.455. The van der Waals surface area contributed by atoms with Gasteiger partial charge in [-0.15, -0.1) is 0 Å². The zero-order valence-electron chi connectivity index (χ0n) is 16.0. The number of aryl methyl sites for hydroxylation is 1. The molecule has 0 atom stereocenters. The summed E-state index contributed by atoms with van der Waals surface area (Å²) in [5.41, 5.74) is 6.17. The molecule has 4 rings (SSSR count). The van der Waals surface area contributed by atoms with Crippen molar-refractivity contribution in [1.82, 2.24) is 4.98 Å². The second-order valence-electron chi connectivity index (χ2n) is 8.06. The Bertz CT molecular complexity index is 1120. The van der Waals surface area contributed by atoms with Crippen molar-refractivity contribution < 1.29 is 8.81 Å². The molecule has 0 aliphatic carbocycles. The predicted octanol–water partition coefficient (Wildman–Crippen LogP) is 6.91. The minimum absolute atomic E-state index is 0.0747. The molecule has 3 heteroatoms. The van der Waals surface area contributed by atoms with Gasteiger partial charge in [0.05, 0.1) is 5.69 Å². The first-order chi connectivity index (χ1) is 12.8. The zero-order chi connectivity index (χ0) is 19.2. The van der Waals surface area contributed by atoms with Gasteiger partial charge in [0, 0.05) is 28.8 Å². The Labute approximate surface area is 158 Å². The van der Waals surface area contributed by atoms with Gasteiger partial charge in [-0.1, -0.05) is 32.4 Å². The molecule has 0 saturated heterocycles. The standard InChI is InChI=1S/C24H22FNO/c1-15-9-17(11-19(10-15)24(2,3)4)21-13-23-18(14-26-21)12-22(27-23)16-5-7-20(25)8-6-16/h5-14H,1-4H3. The highest BCUT2D eigenvalue weighted by Gasteiger charge is 2.16.